The molecule has 0 spiro atoms. The first kappa shape index (κ1) is 15.3. The largest absolute Gasteiger partial charge is 0.368 e. The van der Waals surface area contributed by atoms with Crippen LogP contribution in [0.2, 0.25) is 0 Å². The van der Waals surface area contributed by atoms with Crippen molar-refractivity contribution in [3.05, 3.63) is 70.8 Å². The van der Waals surface area contributed by atoms with E-state index in [1.807, 2.05) is 69.3 Å². The molecule has 3 N–H and O–H groups in total. The summed E-state index contributed by atoms with van der Waals surface area (Å²) in [5.41, 5.74) is 9.03. The molecule has 1 unspecified atom stereocenters. The lowest BCUT2D eigenvalue weighted by atomic mass is 9.86. The van der Waals surface area contributed by atoms with E-state index in [4.69, 9.17) is 5.73 Å². The number of amides is 1. The highest BCUT2D eigenvalue weighted by atomic mass is 16.1. The Balaban J connectivity index is 2.32. The van der Waals surface area contributed by atoms with Crippen molar-refractivity contribution in [3.63, 3.8) is 0 Å². The average Bonchev–Trinajstić information content (AvgIpc) is 2.48. The van der Waals surface area contributed by atoms with Crippen LogP contribution in [-0.2, 0) is 16.9 Å². The number of hydrogen-bond donors (Lipinski definition) is 2. The predicted molar refractivity (Wildman–Crippen MR) is 85.7 cm³/mol. The molecule has 0 heterocycles. The summed E-state index contributed by atoms with van der Waals surface area (Å²) in [6.45, 7) is 6.45. The van der Waals surface area contributed by atoms with Crippen molar-refractivity contribution >= 4 is 5.91 Å². The average molecular weight is 282 g/mol. The number of primary amides is 1. The van der Waals surface area contributed by atoms with Gasteiger partial charge in [-0.05, 0) is 37.5 Å². The SMILES string of the molecule is Cc1ccc(C)c(C(C)(NCc2ccccc2)C(N)=O)c1. The van der Waals surface area contributed by atoms with Gasteiger partial charge >= 0.3 is 0 Å². The molecule has 0 aliphatic rings. The summed E-state index contributed by atoms with van der Waals surface area (Å²) in [4.78, 5) is 12.1. The second kappa shape index (κ2) is 6.10. The fraction of sp³-hybridized carbons (Fsp3) is 0.278. The molecular weight excluding hydrogens is 260 g/mol. The third kappa shape index (κ3) is 3.31. The highest BCUT2D eigenvalue weighted by molar-refractivity contribution is 5.86. The number of carbonyl (C=O) groups is 1. The molecule has 21 heavy (non-hydrogen) atoms. The maximum absolute atomic E-state index is 12.1. The molecule has 1 amide bonds. The summed E-state index contributed by atoms with van der Waals surface area (Å²) < 4.78 is 0. The van der Waals surface area contributed by atoms with Crippen LogP contribution in [0, 0.1) is 13.8 Å². The molecule has 0 fully saturated rings. The molecule has 0 radical (unpaired) electrons. The van der Waals surface area contributed by atoms with Gasteiger partial charge in [-0.25, -0.2) is 0 Å². The van der Waals surface area contributed by atoms with E-state index in [2.05, 4.69) is 5.32 Å². The summed E-state index contributed by atoms with van der Waals surface area (Å²) in [6.07, 6.45) is 0. The molecule has 3 heteroatoms. The lowest BCUT2D eigenvalue weighted by molar-refractivity contribution is -0.124. The Morgan fingerprint density at radius 1 is 1.14 bits per heavy atom. The van der Waals surface area contributed by atoms with Crippen molar-refractivity contribution in [1.82, 2.24) is 5.32 Å². The Bertz CT molecular complexity index is 637. The van der Waals surface area contributed by atoms with E-state index in [1.54, 1.807) is 0 Å². The molecular formula is C18H22N2O. The quantitative estimate of drug-likeness (QED) is 0.886. The second-order valence-corrected chi connectivity index (χ2v) is 5.65. The van der Waals surface area contributed by atoms with Crippen LogP contribution in [-0.4, -0.2) is 5.91 Å². The van der Waals surface area contributed by atoms with Crippen LogP contribution < -0.4 is 11.1 Å². The Morgan fingerprint density at radius 2 is 1.81 bits per heavy atom. The molecule has 0 bridgehead atoms. The molecule has 110 valence electrons. The molecule has 0 aliphatic heterocycles. The second-order valence-electron chi connectivity index (χ2n) is 5.65. The monoisotopic (exact) mass is 282 g/mol. The lowest BCUT2D eigenvalue weighted by Crippen LogP contribution is -2.50. The third-order valence-electron chi connectivity index (χ3n) is 3.91. The number of benzene rings is 2. The molecule has 0 saturated heterocycles. The minimum Gasteiger partial charge on any atom is -0.368 e. The normalized spacial score (nSPS) is 13.7. The van der Waals surface area contributed by atoms with Crippen LogP contribution in [0.5, 0.6) is 0 Å². The van der Waals surface area contributed by atoms with Crippen molar-refractivity contribution < 1.29 is 4.79 Å². The molecule has 2 aromatic rings. The zero-order valence-corrected chi connectivity index (χ0v) is 12.8. The number of hydrogen-bond acceptors (Lipinski definition) is 2. The molecule has 0 aliphatic carbocycles. The van der Waals surface area contributed by atoms with E-state index in [1.165, 1.54) is 0 Å². The van der Waals surface area contributed by atoms with Crippen LogP contribution in [0.3, 0.4) is 0 Å². The third-order valence-corrected chi connectivity index (χ3v) is 3.91. The molecule has 0 saturated carbocycles. The summed E-state index contributed by atoms with van der Waals surface area (Å²) in [5, 5.41) is 3.32. The van der Waals surface area contributed by atoms with E-state index in [9.17, 15) is 4.79 Å². The zero-order chi connectivity index (χ0) is 15.5. The van der Waals surface area contributed by atoms with E-state index < -0.39 is 5.54 Å². The van der Waals surface area contributed by atoms with Gasteiger partial charge in [-0.15, -0.1) is 0 Å². The molecule has 3 nitrogen and oxygen atoms in total. The summed E-state index contributed by atoms with van der Waals surface area (Å²) in [7, 11) is 0. The van der Waals surface area contributed by atoms with Crippen molar-refractivity contribution in [3.8, 4) is 0 Å². The van der Waals surface area contributed by atoms with Gasteiger partial charge in [-0.1, -0.05) is 54.1 Å². The Kier molecular flexibility index (Phi) is 4.43. The van der Waals surface area contributed by atoms with E-state index in [0.29, 0.717) is 6.54 Å². The van der Waals surface area contributed by atoms with Crippen molar-refractivity contribution in [2.75, 3.05) is 0 Å². The van der Waals surface area contributed by atoms with Gasteiger partial charge in [0.25, 0.3) is 0 Å². The summed E-state index contributed by atoms with van der Waals surface area (Å²) >= 11 is 0. The van der Waals surface area contributed by atoms with Gasteiger partial charge < -0.3 is 5.73 Å². The first-order valence-electron chi connectivity index (χ1n) is 7.10. The minimum atomic E-state index is -0.883. The smallest absolute Gasteiger partial charge is 0.242 e. The van der Waals surface area contributed by atoms with Gasteiger partial charge in [0.15, 0.2) is 0 Å². The molecule has 2 rings (SSSR count). The zero-order valence-electron chi connectivity index (χ0n) is 12.8. The van der Waals surface area contributed by atoms with Gasteiger partial charge in [0.1, 0.15) is 5.54 Å². The van der Waals surface area contributed by atoms with Gasteiger partial charge in [-0.3, -0.25) is 10.1 Å². The van der Waals surface area contributed by atoms with Crippen LogP contribution in [0.25, 0.3) is 0 Å². The summed E-state index contributed by atoms with van der Waals surface area (Å²) in [5.74, 6) is -0.368. The summed E-state index contributed by atoms with van der Waals surface area (Å²) in [6, 6.07) is 16.1. The molecule has 2 aromatic carbocycles. The van der Waals surface area contributed by atoms with Gasteiger partial charge in [0.2, 0.25) is 5.91 Å². The van der Waals surface area contributed by atoms with Crippen LogP contribution in [0.1, 0.15) is 29.2 Å². The Hall–Kier alpha value is -2.13. The highest BCUT2D eigenvalue weighted by Gasteiger charge is 2.34. The number of nitrogens with one attached hydrogen (secondary N) is 1. The standard InChI is InChI=1S/C18H22N2O/c1-13-9-10-14(2)16(11-13)18(3,17(19)21)20-12-15-7-5-4-6-8-15/h4-11,20H,12H2,1-3H3,(H2,19,21). The van der Waals surface area contributed by atoms with E-state index in [0.717, 1.165) is 22.3 Å². The molecule has 1 atom stereocenters. The van der Waals surface area contributed by atoms with Crippen molar-refractivity contribution in [2.24, 2.45) is 5.73 Å². The predicted octanol–water partition coefficient (Wildman–Crippen LogP) is 2.79. The fourth-order valence-electron chi connectivity index (χ4n) is 2.46. The number of carbonyl (C=O) groups excluding carboxylic acids is 1. The van der Waals surface area contributed by atoms with Crippen molar-refractivity contribution in [1.29, 1.82) is 0 Å². The van der Waals surface area contributed by atoms with Crippen LogP contribution in [0.15, 0.2) is 48.5 Å². The Labute approximate surface area is 126 Å². The topological polar surface area (TPSA) is 55.1 Å². The number of aryl methyl sites for hydroxylation is 2. The van der Waals surface area contributed by atoms with Gasteiger partial charge in [0.05, 0.1) is 0 Å². The van der Waals surface area contributed by atoms with Gasteiger partial charge in [0, 0.05) is 6.54 Å². The van der Waals surface area contributed by atoms with E-state index in [-0.39, 0.29) is 5.91 Å². The van der Waals surface area contributed by atoms with E-state index >= 15 is 0 Å². The van der Waals surface area contributed by atoms with Crippen LogP contribution in [0.4, 0.5) is 0 Å². The molecule has 0 aromatic heterocycles. The maximum atomic E-state index is 12.1. The lowest BCUT2D eigenvalue weighted by Gasteiger charge is -2.30. The number of nitrogens with two attached hydrogens (primary N) is 1. The van der Waals surface area contributed by atoms with Crippen LogP contribution >= 0.6 is 0 Å². The highest BCUT2D eigenvalue weighted by Crippen LogP contribution is 2.25. The van der Waals surface area contributed by atoms with Crippen molar-refractivity contribution in [2.45, 2.75) is 32.9 Å². The first-order valence-corrected chi connectivity index (χ1v) is 7.10. The fourth-order valence-corrected chi connectivity index (χ4v) is 2.46. The number of rotatable bonds is 5. The maximum Gasteiger partial charge on any atom is 0.242 e. The first-order chi connectivity index (χ1) is 9.93. The Morgan fingerprint density at radius 3 is 2.43 bits per heavy atom. The minimum absolute atomic E-state index is 0.368. The van der Waals surface area contributed by atoms with Gasteiger partial charge in [-0.2, -0.15) is 0 Å².